The van der Waals surface area contributed by atoms with E-state index in [0.29, 0.717) is 18.4 Å². The minimum absolute atomic E-state index is 0.141. The van der Waals surface area contributed by atoms with E-state index in [9.17, 15) is 4.79 Å². The van der Waals surface area contributed by atoms with Gasteiger partial charge in [0.05, 0.1) is 0 Å². The lowest BCUT2D eigenvalue weighted by Crippen LogP contribution is -2.14. The van der Waals surface area contributed by atoms with Crippen LogP contribution < -0.4 is 10.6 Å². The smallest absolute Gasteiger partial charge is 0.224 e. The summed E-state index contributed by atoms with van der Waals surface area (Å²) in [5, 5.41) is 6.16. The largest absolute Gasteiger partial charge is 0.326 e. The minimum Gasteiger partial charge on any atom is -0.326 e. The van der Waals surface area contributed by atoms with Crippen LogP contribution in [-0.2, 0) is 4.79 Å². The molecular weight excluding hydrogens is 212 g/mol. The highest BCUT2D eigenvalue weighted by Gasteiger charge is 2.24. The fraction of sp³-hybridized carbons (Fsp3) is 0.500. The van der Waals surface area contributed by atoms with Gasteiger partial charge in [-0.1, -0.05) is 12.1 Å². The summed E-state index contributed by atoms with van der Waals surface area (Å²) in [5.74, 6) is 0.774. The van der Waals surface area contributed by atoms with E-state index in [4.69, 9.17) is 0 Å². The predicted molar refractivity (Wildman–Crippen MR) is 69.9 cm³/mol. The van der Waals surface area contributed by atoms with Crippen LogP contribution in [0.2, 0.25) is 0 Å². The molecule has 3 nitrogen and oxygen atoms in total. The van der Waals surface area contributed by atoms with Gasteiger partial charge in [-0.15, -0.1) is 0 Å². The summed E-state index contributed by atoms with van der Waals surface area (Å²) < 4.78 is 0. The van der Waals surface area contributed by atoms with Gasteiger partial charge in [-0.25, -0.2) is 0 Å². The molecule has 0 radical (unpaired) electrons. The molecule has 0 heterocycles. The number of benzene rings is 1. The fourth-order valence-electron chi connectivity index (χ4n) is 1.85. The standard InChI is InChI=1S/C14H20N2O/c1-10(15-2)12-4-3-5-13(9-12)16-14(17)8-11-6-7-11/h3-5,9-11,15H,6-8H2,1-2H3,(H,16,17). The van der Waals surface area contributed by atoms with E-state index in [2.05, 4.69) is 23.6 Å². The number of rotatable bonds is 5. The third-order valence-corrected chi connectivity index (χ3v) is 3.27. The number of hydrogen-bond acceptors (Lipinski definition) is 2. The Morgan fingerprint density at radius 3 is 2.88 bits per heavy atom. The van der Waals surface area contributed by atoms with E-state index in [-0.39, 0.29) is 5.91 Å². The molecule has 0 aliphatic heterocycles. The molecule has 1 amide bonds. The fourth-order valence-corrected chi connectivity index (χ4v) is 1.85. The van der Waals surface area contributed by atoms with Crippen LogP contribution in [-0.4, -0.2) is 13.0 Å². The lowest BCUT2D eigenvalue weighted by atomic mass is 10.1. The highest BCUT2D eigenvalue weighted by molar-refractivity contribution is 5.91. The zero-order valence-electron chi connectivity index (χ0n) is 10.5. The number of anilines is 1. The van der Waals surface area contributed by atoms with E-state index in [0.717, 1.165) is 5.69 Å². The molecule has 0 saturated heterocycles. The molecule has 1 saturated carbocycles. The molecule has 1 aliphatic carbocycles. The van der Waals surface area contributed by atoms with Gasteiger partial charge < -0.3 is 10.6 Å². The molecular formula is C14H20N2O. The average molecular weight is 232 g/mol. The molecule has 2 rings (SSSR count). The quantitative estimate of drug-likeness (QED) is 0.819. The molecule has 3 heteroatoms. The van der Waals surface area contributed by atoms with Gasteiger partial charge in [-0.05, 0) is 50.4 Å². The van der Waals surface area contributed by atoms with Gasteiger partial charge in [-0.2, -0.15) is 0 Å². The second-order valence-electron chi connectivity index (χ2n) is 4.83. The van der Waals surface area contributed by atoms with Gasteiger partial charge in [0, 0.05) is 18.2 Å². The summed E-state index contributed by atoms with van der Waals surface area (Å²) in [6, 6.07) is 8.33. The van der Waals surface area contributed by atoms with Crippen molar-refractivity contribution in [3.63, 3.8) is 0 Å². The van der Waals surface area contributed by atoms with Gasteiger partial charge in [0.25, 0.3) is 0 Å². The van der Waals surface area contributed by atoms with Gasteiger partial charge in [0.15, 0.2) is 0 Å². The molecule has 0 spiro atoms. The van der Waals surface area contributed by atoms with Crippen molar-refractivity contribution in [2.45, 2.75) is 32.2 Å². The maximum atomic E-state index is 11.7. The van der Waals surface area contributed by atoms with Crippen molar-refractivity contribution in [3.8, 4) is 0 Å². The van der Waals surface area contributed by atoms with Crippen molar-refractivity contribution in [3.05, 3.63) is 29.8 Å². The molecule has 1 fully saturated rings. The van der Waals surface area contributed by atoms with Crippen molar-refractivity contribution in [1.82, 2.24) is 5.32 Å². The minimum atomic E-state index is 0.141. The van der Waals surface area contributed by atoms with E-state index >= 15 is 0 Å². The van der Waals surface area contributed by atoms with Gasteiger partial charge >= 0.3 is 0 Å². The monoisotopic (exact) mass is 232 g/mol. The zero-order valence-corrected chi connectivity index (χ0v) is 10.5. The van der Waals surface area contributed by atoms with Crippen LogP contribution in [0.15, 0.2) is 24.3 Å². The Labute approximate surface area is 103 Å². The first-order valence-corrected chi connectivity index (χ1v) is 6.26. The second-order valence-corrected chi connectivity index (χ2v) is 4.83. The highest BCUT2D eigenvalue weighted by Crippen LogP contribution is 2.32. The van der Waals surface area contributed by atoms with Gasteiger partial charge in [0.2, 0.25) is 5.91 Å². The third-order valence-electron chi connectivity index (χ3n) is 3.27. The first-order valence-electron chi connectivity index (χ1n) is 6.26. The zero-order chi connectivity index (χ0) is 12.3. The Balaban J connectivity index is 1.97. The average Bonchev–Trinajstić information content (AvgIpc) is 3.12. The highest BCUT2D eigenvalue weighted by atomic mass is 16.1. The summed E-state index contributed by atoms with van der Waals surface area (Å²) in [7, 11) is 1.93. The Morgan fingerprint density at radius 1 is 1.47 bits per heavy atom. The normalized spacial score (nSPS) is 16.6. The van der Waals surface area contributed by atoms with Gasteiger partial charge in [-0.3, -0.25) is 4.79 Å². The van der Waals surface area contributed by atoms with E-state index in [1.54, 1.807) is 0 Å². The van der Waals surface area contributed by atoms with Crippen LogP contribution in [0.1, 0.15) is 37.8 Å². The molecule has 0 aromatic heterocycles. The molecule has 92 valence electrons. The molecule has 1 unspecified atom stereocenters. The van der Waals surface area contributed by atoms with Crippen LogP contribution in [0, 0.1) is 5.92 Å². The van der Waals surface area contributed by atoms with Crippen LogP contribution in [0.25, 0.3) is 0 Å². The topological polar surface area (TPSA) is 41.1 Å². The molecule has 1 atom stereocenters. The van der Waals surface area contributed by atoms with Crippen LogP contribution in [0.3, 0.4) is 0 Å². The summed E-state index contributed by atoms with van der Waals surface area (Å²) in [5.41, 5.74) is 2.09. The van der Waals surface area contributed by atoms with Crippen molar-refractivity contribution in [1.29, 1.82) is 0 Å². The lowest BCUT2D eigenvalue weighted by molar-refractivity contribution is -0.116. The first-order chi connectivity index (χ1) is 8.19. The third kappa shape index (κ3) is 3.56. The lowest BCUT2D eigenvalue weighted by Gasteiger charge is -2.12. The molecule has 0 bridgehead atoms. The summed E-state index contributed by atoms with van der Waals surface area (Å²) >= 11 is 0. The van der Waals surface area contributed by atoms with Crippen molar-refractivity contribution in [2.24, 2.45) is 5.92 Å². The number of hydrogen-bond donors (Lipinski definition) is 2. The molecule has 1 aromatic carbocycles. The van der Waals surface area contributed by atoms with Crippen LogP contribution >= 0.6 is 0 Å². The van der Waals surface area contributed by atoms with Crippen LogP contribution in [0.5, 0.6) is 0 Å². The Kier molecular flexibility index (Phi) is 3.79. The number of amides is 1. The maximum Gasteiger partial charge on any atom is 0.224 e. The van der Waals surface area contributed by atoms with E-state index in [1.807, 2.05) is 25.2 Å². The van der Waals surface area contributed by atoms with Crippen molar-refractivity contribution < 1.29 is 4.79 Å². The summed E-state index contributed by atoms with van der Waals surface area (Å²) in [4.78, 5) is 11.7. The maximum absolute atomic E-state index is 11.7. The predicted octanol–water partition coefficient (Wildman–Crippen LogP) is 2.71. The Morgan fingerprint density at radius 2 is 2.24 bits per heavy atom. The first kappa shape index (κ1) is 12.1. The Hall–Kier alpha value is -1.35. The Bertz CT molecular complexity index is 399. The number of carbonyl (C=O) groups is 1. The molecule has 1 aliphatic rings. The van der Waals surface area contributed by atoms with Crippen molar-refractivity contribution >= 4 is 11.6 Å². The second kappa shape index (κ2) is 5.32. The summed E-state index contributed by atoms with van der Waals surface area (Å²) in [6.45, 7) is 2.10. The summed E-state index contributed by atoms with van der Waals surface area (Å²) in [6.07, 6.45) is 3.10. The van der Waals surface area contributed by atoms with Crippen molar-refractivity contribution in [2.75, 3.05) is 12.4 Å². The van der Waals surface area contributed by atoms with Crippen LogP contribution in [0.4, 0.5) is 5.69 Å². The van der Waals surface area contributed by atoms with E-state index in [1.165, 1.54) is 18.4 Å². The molecule has 1 aromatic rings. The number of nitrogens with one attached hydrogen (secondary N) is 2. The van der Waals surface area contributed by atoms with E-state index < -0.39 is 0 Å². The van der Waals surface area contributed by atoms with Gasteiger partial charge in [0.1, 0.15) is 0 Å². The molecule has 17 heavy (non-hydrogen) atoms. The SMILES string of the molecule is CNC(C)c1cccc(NC(=O)CC2CC2)c1. The molecule has 2 N–H and O–H groups in total. The number of carbonyl (C=O) groups excluding carboxylic acids is 1.